The number of aromatic nitrogens is 3. The van der Waals surface area contributed by atoms with Gasteiger partial charge < -0.3 is 19.5 Å². The van der Waals surface area contributed by atoms with Crippen LogP contribution >= 0.6 is 0 Å². The minimum atomic E-state index is -4.43. The third-order valence-electron chi connectivity index (χ3n) is 6.67. The van der Waals surface area contributed by atoms with Crippen molar-refractivity contribution in [2.45, 2.75) is 39.0 Å². The number of carbonyl (C=O) groups is 1. The highest BCUT2D eigenvalue weighted by Gasteiger charge is 2.31. The number of nitrogens with one attached hydrogen (secondary N) is 1. The summed E-state index contributed by atoms with van der Waals surface area (Å²) in [5.41, 5.74) is 1.51. The summed E-state index contributed by atoms with van der Waals surface area (Å²) in [5, 5.41) is 3.09. The van der Waals surface area contributed by atoms with E-state index in [1.54, 1.807) is 49.2 Å². The molecule has 0 saturated carbocycles. The number of halogens is 3. The van der Waals surface area contributed by atoms with Crippen LogP contribution in [0.1, 0.15) is 52.6 Å². The number of hydrogen-bond acceptors (Lipinski definition) is 7. The van der Waals surface area contributed by atoms with E-state index in [1.807, 2.05) is 0 Å². The molecular weight excluding hydrogens is 527 g/mol. The summed E-state index contributed by atoms with van der Waals surface area (Å²) in [5.74, 6) is 0.501. The molecule has 0 aliphatic carbocycles. The van der Waals surface area contributed by atoms with Crippen molar-refractivity contribution in [1.29, 1.82) is 0 Å². The van der Waals surface area contributed by atoms with Gasteiger partial charge in [-0.05, 0) is 43.7 Å². The number of oxazole rings is 1. The standard InChI is InChI=1S/C28H26F3N5O4/c1-3-40-36-26(38)22-15-35(25(37)20-6-4-19(5-7-20)24-14-32-16-39-24)13-12-23(22)34-27(36)33-17(2)18-8-10-21(11-9-18)28(29,30)31/h4-11,14,16-17H,3,12-13,15H2,1-2H3,(H,33,34)/t17-/m1/s1. The second-order valence-corrected chi connectivity index (χ2v) is 9.28. The van der Waals surface area contributed by atoms with Gasteiger partial charge in [0.15, 0.2) is 12.2 Å². The molecule has 5 rings (SSSR count). The van der Waals surface area contributed by atoms with E-state index in [2.05, 4.69) is 15.3 Å². The van der Waals surface area contributed by atoms with E-state index in [9.17, 15) is 22.8 Å². The Balaban J connectivity index is 1.36. The number of rotatable bonds is 7. The van der Waals surface area contributed by atoms with Crippen LogP contribution in [0, 0.1) is 0 Å². The van der Waals surface area contributed by atoms with Gasteiger partial charge in [-0.3, -0.25) is 9.59 Å². The molecule has 0 spiro atoms. The molecule has 0 saturated heterocycles. The molecule has 2 aromatic carbocycles. The quantitative estimate of drug-likeness (QED) is 0.353. The summed E-state index contributed by atoms with van der Waals surface area (Å²) < 4.78 is 45.2. The summed E-state index contributed by atoms with van der Waals surface area (Å²) in [7, 11) is 0. The van der Waals surface area contributed by atoms with Crippen molar-refractivity contribution in [3.05, 3.63) is 99.4 Å². The Bertz CT molecular complexity index is 1550. The lowest BCUT2D eigenvalue weighted by molar-refractivity contribution is -0.137. The average Bonchev–Trinajstić information content (AvgIpc) is 3.49. The molecule has 0 radical (unpaired) electrons. The van der Waals surface area contributed by atoms with Gasteiger partial charge in [-0.25, -0.2) is 9.97 Å². The van der Waals surface area contributed by atoms with Gasteiger partial charge in [0, 0.05) is 24.1 Å². The first-order valence-electron chi connectivity index (χ1n) is 12.7. The summed E-state index contributed by atoms with van der Waals surface area (Å²) >= 11 is 0. The number of alkyl halides is 3. The number of benzene rings is 2. The van der Waals surface area contributed by atoms with Gasteiger partial charge in [-0.1, -0.05) is 24.3 Å². The van der Waals surface area contributed by atoms with E-state index in [1.165, 1.54) is 18.5 Å². The minimum Gasteiger partial charge on any atom is -0.444 e. The van der Waals surface area contributed by atoms with Crippen molar-refractivity contribution in [1.82, 2.24) is 19.6 Å². The Morgan fingerprint density at radius 3 is 2.50 bits per heavy atom. The highest BCUT2D eigenvalue weighted by molar-refractivity contribution is 5.94. The van der Waals surface area contributed by atoms with E-state index in [0.717, 1.165) is 22.4 Å². The molecule has 1 N–H and O–H groups in total. The van der Waals surface area contributed by atoms with Crippen molar-refractivity contribution in [3.8, 4) is 11.3 Å². The first-order chi connectivity index (χ1) is 19.2. The van der Waals surface area contributed by atoms with Crippen LogP contribution in [0.2, 0.25) is 0 Å². The molecule has 2 aromatic heterocycles. The fourth-order valence-electron chi connectivity index (χ4n) is 4.53. The highest BCUT2D eigenvalue weighted by Crippen LogP contribution is 2.30. The molecule has 4 aromatic rings. The number of anilines is 1. The van der Waals surface area contributed by atoms with Crippen LogP contribution in [0.3, 0.4) is 0 Å². The fraction of sp³-hybridized carbons (Fsp3) is 0.286. The Morgan fingerprint density at radius 1 is 1.15 bits per heavy atom. The van der Waals surface area contributed by atoms with Gasteiger partial charge >= 0.3 is 6.18 Å². The zero-order valence-electron chi connectivity index (χ0n) is 21.7. The second-order valence-electron chi connectivity index (χ2n) is 9.28. The lowest BCUT2D eigenvalue weighted by Crippen LogP contribution is -2.43. The normalized spacial score (nSPS) is 14.0. The van der Waals surface area contributed by atoms with Crippen molar-refractivity contribution < 1.29 is 27.2 Å². The third kappa shape index (κ3) is 5.42. The van der Waals surface area contributed by atoms with Gasteiger partial charge in [0.2, 0.25) is 5.95 Å². The van der Waals surface area contributed by atoms with Gasteiger partial charge in [0.05, 0.1) is 35.6 Å². The molecule has 1 amide bonds. The molecular formula is C28H26F3N5O4. The van der Waals surface area contributed by atoms with E-state index >= 15 is 0 Å². The SMILES string of the molecule is CCOn1c(N[C@H](C)c2ccc(C(F)(F)F)cc2)nc2c(c1=O)CN(C(=O)c1ccc(-c3cnco3)cc1)CC2. The van der Waals surface area contributed by atoms with Crippen LogP contribution in [0.5, 0.6) is 0 Å². The van der Waals surface area contributed by atoms with Crippen molar-refractivity contribution in [2.24, 2.45) is 0 Å². The van der Waals surface area contributed by atoms with E-state index in [-0.39, 0.29) is 25.0 Å². The maximum atomic E-state index is 13.5. The third-order valence-corrected chi connectivity index (χ3v) is 6.67. The first kappa shape index (κ1) is 27.0. The lowest BCUT2D eigenvalue weighted by atomic mass is 10.0. The molecule has 9 nitrogen and oxygen atoms in total. The zero-order valence-corrected chi connectivity index (χ0v) is 21.7. The Labute approximate surface area is 227 Å². The molecule has 208 valence electrons. The van der Waals surface area contributed by atoms with Gasteiger partial charge in [-0.2, -0.15) is 13.2 Å². The maximum absolute atomic E-state index is 13.5. The minimum absolute atomic E-state index is 0.0612. The second kappa shape index (κ2) is 10.9. The van der Waals surface area contributed by atoms with Crippen molar-refractivity contribution in [2.75, 3.05) is 18.5 Å². The van der Waals surface area contributed by atoms with Crippen molar-refractivity contribution in [3.63, 3.8) is 0 Å². The summed E-state index contributed by atoms with van der Waals surface area (Å²) in [6.07, 6.45) is -1.16. The molecule has 40 heavy (non-hydrogen) atoms. The average molecular weight is 554 g/mol. The molecule has 0 fully saturated rings. The van der Waals surface area contributed by atoms with Gasteiger partial charge in [-0.15, -0.1) is 4.73 Å². The molecule has 1 aliphatic rings. The molecule has 0 unspecified atom stereocenters. The number of amides is 1. The lowest BCUT2D eigenvalue weighted by Gasteiger charge is -2.29. The van der Waals surface area contributed by atoms with Crippen molar-refractivity contribution >= 4 is 11.9 Å². The van der Waals surface area contributed by atoms with Gasteiger partial charge in [0.25, 0.3) is 11.5 Å². The molecule has 3 heterocycles. The van der Waals surface area contributed by atoms with Crippen LogP contribution in [-0.4, -0.2) is 38.7 Å². The van der Waals surface area contributed by atoms with Gasteiger partial charge in [0.1, 0.15) is 6.61 Å². The molecule has 12 heteroatoms. The monoisotopic (exact) mass is 553 g/mol. The number of hydrogen-bond donors (Lipinski definition) is 1. The largest absolute Gasteiger partial charge is 0.444 e. The highest BCUT2D eigenvalue weighted by atomic mass is 19.4. The van der Waals surface area contributed by atoms with E-state index < -0.39 is 23.3 Å². The van der Waals surface area contributed by atoms with E-state index in [0.29, 0.717) is 41.1 Å². The fourth-order valence-corrected chi connectivity index (χ4v) is 4.53. The first-order valence-corrected chi connectivity index (χ1v) is 12.7. The smallest absolute Gasteiger partial charge is 0.416 e. The Hall–Kier alpha value is -4.61. The number of carbonyl (C=O) groups excluding carboxylic acids is 1. The Kier molecular flexibility index (Phi) is 7.33. The van der Waals surface area contributed by atoms with E-state index in [4.69, 9.17) is 9.25 Å². The predicted molar refractivity (Wildman–Crippen MR) is 139 cm³/mol. The topological polar surface area (TPSA) is 102 Å². The summed E-state index contributed by atoms with van der Waals surface area (Å²) in [6.45, 7) is 4.05. The Morgan fingerprint density at radius 2 is 1.88 bits per heavy atom. The summed E-state index contributed by atoms with van der Waals surface area (Å²) in [4.78, 5) is 42.4. The predicted octanol–water partition coefficient (Wildman–Crippen LogP) is 4.74. The maximum Gasteiger partial charge on any atom is 0.416 e. The molecule has 1 atom stereocenters. The van der Waals surface area contributed by atoms with Crippen LogP contribution in [-0.2, 0) is 19.1 Å². The molecule has 0 bridgehead atoms. The van der Waals surface area contributed by atoms with Crippen LogP contribution < -0.4 is 15.7 Å². The van der Waals surface area contributed by atoms with Crippen LogP contribution in [0.25, 0.3) is 11.3 Å². The number of fused-ring (bicyclic) bond motifs is 1. The van der Waals surface area contributed by atoms with Crippen LogP contribution in [0.15, 0.2) is 70.3 Å². The zero-order chi connectivity index (χ0) is 28.4. The summed E-state index contributed by atoms with van der Waals surface area (Å²) in [6, 6.07) is 11.2. The number of nitrogens with zero attached hydrogens (tertiary/aromatic N) is 4. The molecule has 1 aliphatic heterocycles. The van der Waals surface area contributed by atoms with Crippen LogP contribution in [0.4, 0.5) is 19.1 Å².